The van der Waals surface area contributed by atoms with Crippen LogP contribution in [0.15, 0.2) is 0 Å². The van der Waals surface area contributed by atoms with E-state index < -0.39 is 0 Å². The third-order valence-electron chi connectivity index (χ3n) is 4.23. The highest BCUT2D eigenvalue weighted by atomic mass is 16.2. The van der Waals surface area contributed by atoms with Gasteiger partial charge in [-0.3, -0.25) is 10.1 Å². The third kappa shape index (κ3) is 4.48. The fourth-order valence-electron chi connectivity index (χ4n) is 2.94. The first-order valence-corrected chi connectivity index (χ1v) is 8.09. The predicted molar refractivity (Wildman–Crippen MR) is 80.9 cm³/mol. The number of hydrogen-bond acceptors (Lipinski definition) is 2. The Balaban J connectivity index is 2.70. The molecule has 1 fully saturated rings. The molecule has 2 unspecified atom stereocenters. The molecule has 0 saturated carbocycles. The quantitative estimate of drug-likeness (QED) is 0.732. The first kappa shape index (κ1) is 16.5. The minimum absolute atomic E-state index is 0.0471. The fraction of sp³-hybridized carbons (Fsp3) is 0.938. The molecule has 1 N–H and O–H groups in total. The van der Waals surface area contributed by atoms with E-state index in [0.717, 1.165) is 38.6 Å². The topological polar surface area (TPSA) is 32.3 Å². The van der Waals surface area contributed by atoms with Crippen LogP contribution in [0.5, 0.6) is 0 Å². The van der Waals surface area contributed by atoms with Gasteiger partial charge in [-0.25, -0.2) is 0 Å². The molecule has 112 valence electrons. The fourth-order valence-corrected chi connectivity index (χ4v) is 2.94. The first-order chi connectivity index (χ1) is 9.03. The number of rotatable bonds is 8. The second kappa shape index (κ2) is 7.88. The summed E-state index contributed by atoms with van der Waals surface area (Å²) in [6, 6.07) is 0.0471. The SMILES string of the molecule is CCCC1NC(CC(C)C)C(=O)N1CC(CC)CC. The normalized spacial score (nSPS) is 23.9. The summed E-state index contributed by atoms with van der Waals surface area (Å²) in [5, 5.41) is 3.55. The second-order valence-electron chi connectivity index (χ2n) is 6.33. The van der Waals surface area contributed by atoms with Crippen molar-refractivity contribution in [3.63, 3.8) is 0 Å². The Bertz CT molecular complexity index is 274. The third-order valence-corrected chi connectivity index (χ3v) is 4.23. The van der Waals surface area contributed by atoms with E-state index in [0.29, 0.717) is 17.7 Å². The van der Waals surface area contributed by atoms with Crippen LogP contribution in [0.2, 0.25) is 0 Å². The van der Waals surface area contributed by atoms with Crippen LogP contribution >= 0.6 is 0 Å². The molecular formula is C16H32N2O. The van der Waals surface area contributed by atoms with Gasteiger partial charge in [0.1, 0.15) is 0 Å². The Labute approximate surface area is 119 Å². The molecule has 0 aliphatic carbocycles. The zero-order valence-electron chi connectivity index (χ0n) is 13.4. The summed E-state index contributed by atoms with van der Waals surface area (Å²) < 4.78 is 0. The Kier molecular flexibility index (Phi) is 6.84. The van der Waals surface area contributed by atoms with Gasteiger partial charge < -0.3 is 4.90 Å². The summed E-state index contributed by atoms with van der Waals surface area (Å²) in [6.45, 7) is 11.9. The second-order valence-corrected chi connectivity index (χ2v) is 6.33. The van der Waals surface area contributed by atoms with Crippen molar-refractivity contribution in [2.75, 3.05) is 6.54 Å². The van der Waals surface area contributed by atoms with Crippen molar-refractivity contribution in [1.29, 1.82) is 0 Å². The lowest BCUT2D eigenvalue weighted by molar-refractivity contribution is -0.131. The molecule has 1 amide bonds. The lowest BCUT2D eigenvalue weighted by atomic mass is 10.0. The van der Waals surface area contributed by atoms with Crippen LogP contribution < -0.4 is 5.32 Å². The lowest BCUT2D eigenvalue weighted by Crippen LogP contribution is -2.40. The summed E-state index contributed by atoms with van der Waals surface area (Å²) in [4.78, 5) is 14.7. The molecule has 1 heterocycles. The summed E-state index contributed by atoms with van der Waals surface area (Å²) >= 11 is 0. The van der Waals surface area contributed by atoms with Gasteiger partial charge >= 0.3 is 0 Å². The Hall–Kier alpha value is -0.570. The number of carbonyl (C=O) groups excluding carboxylic acids is 1. The number of carbonyl (C=O) groups is 1. The van der Waals surface area contributed by atoms with E-state index in [4.69, 9.17) is 0 Å². The minimum atomic E-state index is 0.0471. The van der Waals surface area contributed by atoms with E-state index in [2.05, 4.69) is 44.8 Å². The van der Waals surface area contributed by atoms with Gasteiger partial charge in [-0.15, -0.1) is 0 Å². The smallest absolute Gasteiger partial charge is 0.241 e. The maximum atomic E-state index is 12.6. The average Bonchev–Trinajstić information content (AvgIpc) is 2.63. The molecule has 0 aromatic rings. The Morgan fingerprint density at radius 3 is 2.32 bits per heavy atom. The summed E-state index contributed by atoms with van der Waals surface area (Å²) in [6.07, 6.45) is 5.74. The molecular weight excluding hydrogens is 236 g/mol. The molecule has 0 radical (unpaired) electrons. The van der Waals surface area contributed by atoms with E-state index in [1.54, 1.807) is 0 Å². The van der Waals surface area contributed by atoms with Crippen LogP contribution in [-0.4, -0.2) is 29.6 Å². The molecule has 0 aromatic carbocycles. The number of nitrogens with one attached hydrogen (secondary N) is 1. The van der Waals surface area contributed by atoms with Gasteiger partial charge in [-0.05, 0) is 24.7 Å². The summed E-state index contributed by atoms with van der Waals surface area (Å²) in [5.41, 5.74) is 0. The highest BCUT2D eigenvalue weighted by Crippen LogP contribution is 2.22. The molecule has 3 nitrogen and oxygen atoms in total. The molecule has 3 heteroatoms. The van der Waals surface area contributed by atoms with Gasteiger partial charge in [-0.1, -0.05) is 53.9 Å². The van der Waals surface area contributed by atoms with Gasteiger partial charge in [0.05, 0.1) is 12.2 Å². The van der Waals surface area contributed by atoms with Crippen molar-refractivity contribution in [3.8, 4) is 0 Å². The van der Waals surface area contributed by atoms with Gasteiger partial charge in [0.2, 0.25) is 5.91 Å². The predicted octanol–water partition coefficient (Wildman–Crippen LogP) is 3.40. The molecule has 2 atom stereocenters. The van der Waals surface area contributed by atoms with Crippen LogP contribution in [0.25, 0.3) is 0 Å². The maximum absolute atomic E-state index is 12.6. The van der Waals surface area contributed by atoms with Gasteiger partial charge in [-0.2, -0.15) is 0 Å². The van der Waals surface area contributed by atoms with Crippen molar-refractivity contribution < 1.29 is 4.79 Å². The number of hydrogen-bond donors (Lipinski definition) is 1. The highest BCUT2D eigenvalue weighted by molar-refractivity contribution is 5.84. The monoisotopic (exact) mass is 268 g/mol. The lowest BCUT2D eigenvalue weighted by Gasteiger charge is -2.27. The van der Waals surface area contributed by atoms with Crippen LogP contribution in [0.1, 0.15) is 66.7 Å². The molecule has 19 heavy (non-hydrogen) atoms. The van der Waals surface area contributed by atoms with Gasteiger partial charge in [0.15, 0.2) is 0 Å². The molecule has 1 saturated heterocycles. The Morgan fingerprint density at radius 2 is 1.84 bits per heavy atom. The van der Waals surface area contributed by atoms with Gasteiger partial charge in [0, 0.05) is 6.54 Å². The summed E-state index contributed by atoms with van der Waals surface area (Å²) in [5.74, 6) is 1.54. The standard InChI is InChI=1S/C16H32N2O/c1-6-9-15-17-14(10-12(4)5)16(19)18(15)11-13(7-2)8-3/h12-15,17H,6-11H2,1-5H3. The molecule has 0 spiro atoms. The average molecular weight is 268 g/mol. The zero-order valence-corrected chi connectivity index (χ0v) is 13.4. The highest BCUT2D eigenvalue weighted by Gasteiger charge is 2.38. The van der Waals surface area contributed by atoms with Crippen LogP contribution in [0, 0.1) is 11.8 Å². The number of nitrogens with zero attached hydrogens (tertiary/aromatic N) is 1. The van der Waals surface area contributed by atoms with Crippen molar-refractivity contribution in [1.82, 2.24) is 10.2 Å². The minimum Gasteiger partial charge on any atom is -0.326 e. The van der Waals surface area contributed by atoms with Crippen molar-refractivity contribution in [2.24, 2.45) is 11.8 Å². The van der Waals surface area contributed by atoms with E-state index in [9.17, 15) is 4.79 Å². The first-order valence-electron chi connectivity index (χ1n) is 8.09. The number of amides is 1. The van der Waals surface area contributed by atoms with Crippen LogP contribution in [0.4, 0.5) is 0 Å². The largest absolute Gasteiger partial charge is 0.326 e. The molecule has 0 bridgehead atoms. The molecule has 1 aliphatic rings. The van der Waals surface area contributed by atoms with E-state index in [1.165, 1.54) is 0 Å². The van der Waals surface area contributed by atoms with Crippen molar-refractivity contribution in [2.45, 2.75) is 78.9 Å². The molecule has 0 aromatic heterocycles. The van der Waals surface area contributed by atoms with E-state index in [-0.39, 0.29) is 12.2 Å². The zero-order chi connectivity index (χ0) is 14.4. The van der Waals surface area contributed by atoms with Crippen molar-refractivity contribution >= 4 is 5.91 Å². The Morgan fingerprint density at radius 1 is 1.21 bits per heavy atom. The molecule has 1 aliphatic heterocycles. The summed E-state index contributed by atoms with van der Waals surface area (Å²) in [7, 11) is 0. The van der Waals surface area contributed by atoms with E-state index in [1.807, 2.05) is 0 Å². The maximum Gasteiger partial charge on any atom is 0.241 e. The van der Waals surface area contributed by atoms with Gasteiger partial charge in [0.25, 0.3) is 0 Å². The van der Waals surface area contributed by atoms with E-state index >= 15 is 0 Å². The van der Waals surface area contributed by atoms with Crippen molar-refractivity contribution in [3.05, 3.63) is 0 Å². The van der Waals surface area contributed by atoms with Crippen LogP contribution in [0.3, 0.4) is 0 Å². The molecule has 1 rings (SSSR count). The van der Waals surface area contributed by atoms with Crippen LogP contribution in [-0.2, 0) is 4.79 Å².